The van der Waals surface area contributed by atoms with E-state index in [0.29, 0.717) is 28.0 Å². The number of imidazole rings is 2. The molecule has 0 saturated carbocycles. The van der Waals surface area contributed by atoms with Crippen LogP contribution in [-0.4, -0.2) is 36.3 Å². The molecule has 3 aromatic carbocycles. The Balaban J connectivity index is 1.23. The number of ether oxygens (including phenoxy) is 1. The third-order valence-electron chi connectivity index (χ3n) is 6.56. The number of hydrogen-bond acceptors (Lipinski definition) is 6. The number of carbonyl (C=O) groups is 2. The molecular weight excluding hydrogens is 575 g/mol. The number of aromatic amines is 1. The fraction of sp³-hybridized carbons (Fsp3) is 0.0645. The predicted molar refractivity (Wildman–Crippen MR) is 156 cm³/mol. The summed E-state index contributed by atoms with van der Waals surface area (Å²) in [6, 6.07) is 16.6. The van der Waals surface area contributed by atoms with Crippen LogP contribution < -0.4 is 15.4 Å². The van der Waals surface area contributed by atoms with Gasteiger partial charge in [0.25, 0.3) is 11.8 Å². The molecule has 0 bridgehead atoms. The minimum absolute atomic E-state index is 0.0174. The molecule has 0 aliphatic heterocycles. The van der Waals surface area contributed by atoms with Crippen LogP contribution in [0.2, 0.25) is 0 Å². The summed E-state index contributed by atoms with van der Waals surface area (Å²) < 4.78 is 48.5. The van der Waals surface area contributed by atoms with Crippen LogP contribution in [0.4, 0.5) is 24.7 Å². The molecule has 44 heavy (non-hydrogen) atoms. The van der Waals surface area contributed by atoms with Crippen molar-refractivity contribution in [1.82, 2.24) is 24.5 Å². The molecule has 2 amide bonds. The SMILES string of the molecule is Cc1cn(-c2cc(NC(=O)c3cccc4cc(Oc5ccnc(NC(=O)c6cnc[nH]6)c5)ccc34)cc(C(F)(F)F)c2)cn1. The first-order valence-electron chi connectivity index (χ1n) is 13.1. The molecular formula is C31H22F3N7O3. The second kappa shape index (κ2) is 11.4. The number of benzene rings is 3. The summed E-state index contributed by atoms with van der Waals surface area (Å²) in [5.41, 5.74) is 0.449. The van der Waals surface area contributed by atoms with E-state index in [9.17, 15) is 22.8 Å². The van der Waals surface area contributed by atoms with E-state index in [1.165, 1.54) is 35.7 Å². The number of nitrogens with one attached hydrogen (secondary N) is 3. The molecule has 0 saturated heterocycles. The van der Waals surface area contributed by atoms with Crippen molar-refractivity contribution in [3.63, 3.8) is 0 Å². The number of amides is 2. The van der Waals surface area contributed by atoms with Crippen molar-refractivity contribution in [3.8, 4) is 17.2 Å². The van der Waals surface area contributed by atoms with Gasteiger partial charge in [0.2, 0.25) is 0 Å². The maximum Gasteiger partial charge on any atom is 0.416 e. The summed E-state index contributed by atoms with van der Waals surface area (Å²) in [5, 5.41) is 6.50. The molecule has 3 aromatic heterocycles. The van der Waals surface area contributed by atoms with E-state index >= 15 is 0 Å². The number of nitrogens with zero attached hydrogens (tertiary/aromatic N) is 4. The number of H-pyrrole nitrogens is 1. The van der Waals surface area contributed by atoms with Gasteiger partial charge in [-0.1, -0.05) is 12.1 Å². The van der Waals surface area contributed by atoms with E-state index in [1.54, 1.807) is 61.7 Å². The molecule has 3 heterocycles. The Hall–Kier alpha value is -5.98. The lowest BCUT2D eigenvalue weighted by Gasteiger charge is -2.14. The third kappa shape index (κ3) is 6.11. The van der Waals surface area contributed by atoms with Gasteiger partial charge in [-0.25, -0.2) is 15.0 Å². The zero-order chi connectivity index (χ0) is 30.8. The van der Waals surface area contributed by atoms with Gasteiger partial charge in [-0.2, -0.15) is 13.2 Å². The number of carbonyl (C=O) groups excluding carboxylic acids is 2. The molecule has 10 nitrogen and oxygen atoms in total. The Bertz CT molecular complexity index is 2000. The lowest BCUT2D eigenvalue weighted by Crippen LogP contribution is -2.14. The number of fused-ring (bicyclic) bond motifs is 1. The number of rotatable bonds is 7. The van der Waals surface area contributed by atoms with E-state index in [0.717, 1.165) is 12.1 Å². The van der Waals surface area contributed by atoms with Crippen LogP contribution in [0.1, 0.15) is 32.1 Å². The average molecular weight is 598 g/mol. The van der Waals surface area contributed by atoms with Crippen molar-refractivity contribution in [2.75, 3.05) is 10.6 Å². The lowest BCUT2D eigenvalue weighted by atomic mass is 10.0. The molecule has 6 rings (SSSR count). The fourth-order valence-electron chi connectivity index (χ4n) is 4.52. The molecule has 0 unspecified atom stereocenters. The van der Waals surface area contributed by atoms with Crippen molar-refractivity contribution in [2.45, 2.75) is 13.1 Å². The number of alkyl halides is 3. The zero-order valence-corrected chi connectivity index (χ0v) is 22.9. The highest BCUT2D eigenvalue weighted by Gasteiger charge is 2.31. The zero-order valence-electron chi connectivity index (χ0n) is 22.9. The normalized spacial score (nSPS) is 11.4. The lowest BCUT2D eigenvalue weighted by molar-refractivity contribution is -0.137. The van der Waals surface area contributed by atoms with E-state index in [-0.39, 0.29) is 28.5 Å². The first-order valence-corrected chi connectivity index (χ1v) is 13.1. The smallest absolute Gasteiger partial charge is 0.416 e. The second-order valence-corrected chi connectivity index (χ2v) is 9.73. The van der Waals surface area contributed by atoms with Gasteiger partial charge < -0.3 is 24.9 Å². The Morgan fingerprint density at radius 3 is 2.52 bits per heavy atom. The molecule has 6 aromatic rings. The average Bonchev–Trinajstić information content (AvgIpc) is 3.69. The maximum absolute atomic E-state index is 13.7. The summed E-state index contributed by atoms with van der Waals surface area (Å²) in [6.07, 6.45) is 2.64. The first kappa shape index (κ1) is 28.2. The van der Waals surface area contributed by atoms with Gasteiger partial charge >= 0.3 is 6.18 Å². The number of hydrogen-bond donors (Lipinski definition) is 3. The highest BCUT2D eigenvalue weighted by atomic mass is 19.4. The van der Waals surface area contributed by atoms with Crippen molar-refractivity contribution in [1.29, 1.82) is 0 Å². The number of halogens is 3. The van der Waals surface area contributed by atoms with E-state index in [2.05, 4.69) is 30.6 Å². The van der Waals surface area contributed by atoms with Crippen LogP contribution in [-0.2, 0) is 6.18 Å². The van der Waals surface area contributed by atoms with Crippen LogP contribution in [0.5, 0.6) is 11.5 Å². The number of aromatic nitrogens is 5. The topological polar surface area (TPSA) is 127 Å². The van der Waals surface area contributed by atoms with Gasteiger partial charge in [0.1, 0.15) is 23.0 Å². The molecule has 220 valence electrons. The maximum atomic E-state index is 13.7. The van der Waals surface area contributed by atoms with Crippen LogP contribution >= 0.6 is 0 Å². The largest absolute Gasteiger partial charge is 0.457 e. The van der Waals surface area contributed by atoms with Gasteiger partial charge in [-0.3, -0.25) is 9.59 Å². The Labute approximate surface area is 247 Å². The standard InChI is InChI=1S/C31H22F3N7O3/c1-18-15-41(17-38-18)22-11-20(31(32,33)34)10-21(12-22)39-29(42)26-4-2-3-19-9-23(5-6-25(19)26)44-24-7-8-36-28(13-24)40-30(43)27-14-35-16-37-27/h2-17H,1H3,(H,35,37)(H,39,42)(H,36,40,43). The van der Waals surface area contributed by atoms with Gasteiger partial charge in [0, 0.05) is 35.4 Å². The molecule has 0 radical (unpaired) electrons. The Kier molecular flexibility index (Phi) is 7.27. The molecule has 3 N–H and O–H groups in total. The molecule has 0 spiro atoms. The highest BCUT2D eigenvalue weighted by molar-refractivity contribution is 6.13. The molecule has 0 aliphatic rings. The van der Waals surface area contributed by atoms with Crippen LogP contribution in [0, 0.1) is 6.92 Å². The Morgan fingerprint density at radius 2 is 1.77 bits per heavy atom. The van der Waals surface area contributed by atoms with Crippen LogP contribution in [0.15, 0.2) is 98.0 Å². The second-order valence-electron chi connectivity index (χ2n) is 9.73. The van der Waals surface area contributed by atoms with Gasteiger partial charge in [-0.05, 0) is 66.2 Å². The summed E-state index contributed by atoms with van der Waals surface area (Å²) in [7, 11) is 0. The van der Waals surface area contributed by atoms with E-state index in [4.69, 9.17) is 4.74 Å². The van der Waals surface area contributed by atoms with Gasteiger partial charge in [0.15, 0.2) is 0 Å². The molecule has 0 fully saturated rings. The third-order valence-corrected chi connectivity index (χ3v) is 6.56. The Morgan fingerprint density at radius 1 is 0.932 bits per heavy atom. The van der Waals surface area contributed by atoms with Crippen LogP contribution in [0.25, 0.3) is 16.5 Å². The van der Waals surface area contributed by atoms with Crippen LogP contribution in [0.3, 0.4) is 0 Å². The predicted octanol–water partition coefficient (Wildman–Crippen LogP) is 6.77. The van der Waals surface area contributed by atoms with Gasteiger partial charge in [-0.15, -0.1) is 0 Å². The van der Waals surface area contributed by atoms with E-state index < -0.39 is 23.6 Å². The van der Waals surface area contributed by atoms with Crippen molar-refractivity contribution in [3.05, 3.63) is 120 Å². The van der Waals surface area contributed by atoms with Crippen molar-refractivity contribution >= 4 is 34.1 Å². The first-order chi connectivity index (χ1) is 21.1. The van der Waals surface area contributed by atoms with Crippen molar-refractivity contribution in [2.24, 2.45) is 0 Å². The summed E-state index contributed by atoms with van der Waals surface area (Å²) in [4.78, 5) is 40.4. The van der Waals surface area contributed by atoms with Crippen molar-refractivity contribution < 1.29 is 27.5 Å². The number of aryl methyl sites for hydroxylation is 1. The molecule has 0 atom stereocenters. The molecule has 0 aliphatic carbocycles. The summed E-state index contributed by atoms with van der Waals surface area (Å²) >= 11 is 0. The number of pyridine rings is 1. The minimum Gasteiger partial charge on any atom is -0.457 e. The summed E-state index contributed by atoms with van der Waals surface area (Å²) in [5.74, 6) is 0.125. The quantitative estimate of drug-likeness (QED) is 0.187. The fourth-order valence-corrected chi connectivity index (χ4v) is 4.52. The minimum atomic E-state index is -4.62. The summed E-state index contributed by atoms with van der Waals surface area (Å²) in [6.45, 7) is 1.72. The van der Waals surface area contributed by atoms with E-state index in [1.807, 2.05) is 0 Å². The highest BCUT2D eigenvalue weighted by Crippen LogP contribution is 2.34. The van der Waals surface area contributed by atoms with Gasteiger partial charge in [0.05, 0.1) is 30.1 Å². The monoisotopic (exact) mass is 597 g/mol. The molecule has 13 heteroatoms. The number of anilines is 2.